The summed E-state index contributed by atoms with van der Waals surface area (Å²) < 4.78 is 35.4. The normalized spacial score (nSPS) is 33.1. The van der Waals surface area contributed by atoms with Crippen molar-refractivity contribution in [2.45, 2.75) is 221 Å². The van der Waals surface area contributed by atoms with Gasteiger partial charge in [-0.1, -0.05) is 87.3 Å². The number of allylic oxidation sites excluding steroid dienone is 9. The summed E-state index contributed by atoms with van der Waals surface area (Å²) in [5.41, 5.74) is 5.96. The van der Waals surface area contributed by atoms with Crippen molar-refractivity contribution in [1.29, 1.82) is 0 Å². The Labute approximate surface area is 436 Å². The van der Waals surface area contributed by atoms with Crippen LogP contribution < -0.4 is 5.73 Å². The number of carboxylic acid groups (broad SMARTS) is 1. The SMILES string of the molecule is C=C/C=C/C=C/CC/C=C/C=C/C(C)C(OC1C[C@@H](O)C(O)[C@H](C)O1)C(C)C(C)OC(=O)CC(O)CC(O)CC(O)CCCC(O)CC1(O)CC(O)C(C(=O)O)C(CC(/C=C/C)OC2COC[C@@H](O)[C@H](N)[C@@H]2O)O1. The van der Waals surface area contributed by atoms with Gasteiger partial charge in [-0.15, -0.1) is 0 Å². The molecular formula is C54H89NO19. The summed E-state index contributed by atoms with van der Waals surface area (Å²) in [6, 6.07) is -1.08. The van der Waals surface area contributed by atoms with E-state index in [1.807, 2.05) is 56.4 Å². The van der Waals surface area contributed by atoms with Gasteiger partial charge in [-0.25, -0.2) is 0 Å². The minimum absolute atomic E-state index is 0.0387. The molecule has 20 nitrogen and oxygen atoms in total. The highest BCUT2D eigenvalue weighted by molar-refractivity contribution is 5.71. The molecule has 3 aliphatic heterocycles. The molecule has 16 unspecified atom stereocenters. The summed E-state index contributed by atoms with van der Waals surface area (Å²) in [5, 5.41) is 117. The lowest BCUT2D eigenvalue weighted by Crippen LogP contribution is -2.56. The molecule has 0 amide bonds. The lowest BCUT2D eigenvalue weighted by molar-refractivity contribution is -0.301. The van der Waals surface area contributed by atoms with E-state index in [0.717, 1.165) is 12.8 Å². The number of aliphatic carboxylic acids is 1. The summed E-state index contributed by atoms with van der Waals surface area (Å²) >= 11 is 0. The fraction of sp³-hybridized carbons (Fsp3) is 0.741. The zero-order chi connectivity index (χ0) is 55.1. The van der Waals surface area contributed by atoms with Crippen molar-refractivity contribution in [3.63, 3.8) is 0 Å². The number of aliphatic hydroxyl groups excluding tert-OH is 9. The molecule has 21 atom stereocenters. The zero-order valence-electron chi connectivity index (χ0n) is 43.8. The molecule has 0 aromatic carbocycles. The fourth-order valence-corrected chi connectivity index (χ4v) is 9.57. The van der Waals surface area contributed by atoms with Gasteiger partial charge in [0.05, 0.1) is 92.8 Å². The quantitative estimate of drug-likeness (QED) is 0.0205. The van der Waals surface area contributed by atoms with E-state index in [9.17, 15) is 65.8 Å². The van der Waals surface area contributed by atoms with Crippen LogP contribution in [0.25, 0.3) is 0 Å². The maximum atomic E-state index is 13.1. The third-order valence-corrected chi connectivity index (χ3v) is 13.9. The first-order valence-corrected chi connectivity index (χ1v) is 26.1. The second kappa shape index (κ2) is 33.1. The van der Waals surface area contributed by atoms with Crippen LogP contribution in [-0.2, 0) is 38.0 Å². The Hall–Kier alpha value is -3.26. The van der Waals surface area contributed by atoms with Crippen LogP contribution in [0.5, 0.6) is 0 Å². The molecule has 20 heteroatoms. The number of nitrogens with two attached hydrogens (primary N) is 1. The summed E-state index contributed by atoms with van der Waals surface area (Å²) in [6.45, 7) is 12.2. The van der Waals surface area contributed by atoms with Crippen molar-refractivity contribution in [3.05, 3.63) is 73.4 Å². The van der Waals surface area contributed by atoms with Gasteiger partial charge in [0.25, 0.3) is 0 Å². The number of esters is 1. The summed E-state index contributed by atoms with van der Waals surface area (Å²) in [6.07, 6.45) is 3.67. The van der Waals surface area contributed by atoms with Crippen LogP contribution in [0.1, 0.15) is 112 Å². The molecule has 3 saturated heterocycles. The van der Waals surface area contributed by atoms with E-state index in [4.69, 9.17) is 34.2 Å². The van der Waals surface area contributed by atoms with Gasteiger partial charge in [0.2, 0.25) is 0 Å². The van der Waals surface area contributed by atoms with Crippen LogP contribution in [0.15, 0.2) is 73.4 Å². The van der Waals surface area contributed by atoms with Gasteiger partial charge >= 0.3 is 11.9 Å². The monoisotopic (exact) mass is 1060 g/mol. The van der Waals surface area contributed by atoms with Crippen LogP contribution in [0, 0.1) is 17.8 Å². The maximum absolute atomic E-state index is 13.1. The minimum atomic E-state index is -2.15. The van der Waals surface area contributed by atoms with E-state index in [1.165, 1.54) is 0 Å². The second-order valence-corrected chi connectivity index (χ2v) is 20.3. The molecule has 3 aliphatic rings. The smallest absolute Gasteiger partial charge is 0.311 e. The largest absolute Gasteiger partial charge is 0.481 e. The van der Waals surface area contributed by atoms with E-state index in [-0.39, 0.29) is 64.1 Å². The number of rotatable bonds is 31. The van der Waals surface area contributed by atoms with Crippen molar-refractivity contribution >= 4 is 11.9 Å². The van der Waals surface area contributed by atoms with Gasteiger partial charge in [-0.2, -0.15) is 0 Å². The van der Waals surface area contributed by atoms with Crippen molar-refractivity contribution < 1.29 is 94.2 Å². The first-order chi connectivity index (χ1) is 35.0. The van der Waals surface area contributed by atoms with E-state index < -0.39 is 153 Å². The Kier molecular flexibility index (Phi) is 29.1. The first kappa shape index (κ1) is 65.0. The summed E-state index contributed by atoms with van der Waals surface area (Å²) in [4.78, 5) is 25.4. The van der Waals surface area contributed by atoms with E-state index in [1.54, 1.807) is 39.0 Å². The average molecular weight is 1060 g/mol. The molecule has 0 bridgehead atoms. The molecule has 3 fully saturated rings. The number of ether oxygens (including phenoxy) is 6. The van der Waals surface area contributed by atoms with Crippen molar-refractivity contribution in [3.8, 4) is 0 Å². The van der Waals surface area contributed by atoms with Gasteiger partial charge in [0, 0.05) is 37.5 Å². The third kappa shape index (κ3) is 22.4. The fourth-order valence-electron chi connectivity index (χ4n) is 9.57. The van der Waals surface area contributed by atoms with Crippen LogP contribution in [0.2, 0.25) is 0 Å². The predicted molar refractivity (Wildman–Crippen MR) is 273 cm³/mol. The third-order valence-electron chi connectivity index (χ3n) is 13.9. The Morgan fingerprint density at radius 2 is 1.49 bits per heavy atom. The topological polar surface area (TPSA) is 338 Å². The minimum Gasteiger partial charge on any atom is -0.481 e. The molecule has 0 saturated carbocycles. The highest BCUT2D eigenvalue weighted by Gasteiger charge is 2.50. The van der Waals surface area contributed by atoms with E-state index >= 15 is 0 Å². The first-order valence-electron chi connectivity index (χ1n) is 26.1. The molecule has 0 radical (unpaired) electrons. The number of carboxylic acids is 1. The molecular weight excluding hydrogens is 967 g/mol. The summed E-state index contributed by atoms with van der Waals surface area (Å²) in [5.74, 6) is -6.37. The van der Waals surface area contributed by atoms with Crippen LogP contribution in [0.3, 0.4) is 0 Å². The van der Waals surface area contributed by atoms with Crippen molar-refractivity contribution in [1.82, 2.24) is 0 Å². The average Bonchev–Trinajstić information content (AvgIpc) is 3.42. The number of carbonyl (C=O) groups excluding carboxylic acids is 1. The zero-order valence-corrected chi connectivity index (χ0v) is 43.8. The molecule has 3 heterocycles. The number of unbranched alkanes of at least 4 members (excludes halogenated alkanes) is 1. The van der Waals surface area contributed by atoms with Crippen LogP contribution in [-0.4, -0.2) is 191 Å². The lowest BCUT2D eigenvalue weighted by atomic mass is 9.83. The lowest BCUT2D eigenvalue weighted by Gasteiger charge is -2.44. The van der Waals surface area contributed by atoms with E-state index in [2.05, 4.69) is 12.7 Å². The molecule has 424 valence electrons. The Morgan fingerprint density at radius 1 is 0.824 bits per heavy atom. The molecule has 74 heavy (non-hydrogen) atoms. The highest BCUT2D eigenvalue weighted by atomic mass is 16.7. The standard InChI is InChI=1S/C54H89NO19/c1-7-9-10-11-12-13-14-15-16-17-20-32(3)52(73-47-27-41(60)50(64)35(6)71-47)33(4)34(5)70-46(63)25-39(59)24-38(58)23-36(56)21-18-22-37(57)28-54(68)29-42(61)48(53(66)67)44(74-54)26-40(19-8-2)72-45-31-69-30-43(62)49(55)51(45)65/h7-12,15-17,19-20,32-45,47-52,56-62,64-65,68H,1,13-14,18,21-31,55H2,2-6H3,(H,66,67)/b10-9+,12-11+,16-15+,19-8+,20-17+/t32?,33?,34?,35-,36?,37?,38?,39?,40?,41+,42?,43+,44?,45?,47?,48?,49-,50?,51+,52?,54?/m0/s1. The van der Waals surface area contributed by atoms with Crippen molar-refractivity contribution in [2.75, 3.05) is 13.2 Å². The predicted octanol–water partition coefficient (Wildman–Crippen LogP) is 2.14. The Balaban J connectivity index is 1.49. The molecule has 0 aromatic heterocycles. The molecule has 13 N–H and O–H groups in total. The number of hydrogen-bond donors (Lipinski definition) is 12. The second-order valence-electron chi connectivity index (χ2n) is 20.3. The van der Waals surface area contributed by atoms with Gasteiger partial charge in [-0.05, 0) is 65.7 Å². The Bertz CT molecular complexity index is 1780. The Morgan fingerprint density at radius 3 is 2.14 bits per heavy atom. The van der Waals surface area contributed by atoms with Gasteiger partial charge in [0.1, 0.15) is 30.3 Å². The van der Waals surface area contributed by atoms with Gasteiger partial charge < -0.3 is 90.3 Å². The van der Waals surface area contributed by atoms with Gasteiger partial charge in [0.15, 0.2) is 12.1 Å². The molecule has 0 spiro atoms. The molecule has 0 aliphatic carbocycles. The highest BCUT2D eigenvalue weighted by Crippen LogP contribution is 2.38. The summed E-state index contributed by atoms with van der Waals surface area (Å²) in [7, 11) is 0. The molecule has 3 rings (SSSR count). The maximum Gasteiger partial charge on any atom is 0.311 e. The number of hydrogen-bond acceptors (Lipinski definition) is 19. The van der Waals surface area contributed by atoms with Crippen LogP contribution in [0.4, 0.5) is 0 Å². The van der Waals surface area contributed by atoms with Crippen molar-refractivity contribution in [2.24, 2.45) is 23.5 Å². The number of carbonyl (C=O) groups is 2. The number of aliphatic hydroxyl groups is 10. The molecule has 0 aromatic rings. The van der Waals surface area contributed by atoms with E-state index in [0.29, 0.717) is 0 Å². The van der Waals surface area contributed by atoms with Gasteiger partial charge in [-0.3, -0.25) is 9.59 Å². The van der Waals surface area contributed by atoms with Crippen LogP contribution >= 0.6 is 0 Å².